The van der Waals surface area contributed by atoms with Gasteiger partial charge in [-0.25, -0.2) is 4.79 Å². The molecule has 0 heterocycles. The Bertz CT molecular complexity index is 1270. The van der Waals surface area contributed by atoms with Crippen LogP contribution in [0.4, 0.5) is 5.69 Å². The van der Waals surface area contributed by atoms with Gasteiger partial charge in [0, 0.05) is 12.1 Å². The molecule has 0 aliphatic rings. The average Bonchev–Trinajstić information content (AvgIpc) is 2.87. The van der Waals surface area contributed by atoms with Gasteiger partial charge in [0.2, 0.25) is 0 Å². The highest BCUT2D eigenvalue weighted by Crippen LogP contribution is 2.27. The lowest BCUT2D eigenvalue weighted by atomic mass is 10.3. The first-order valence-corrected chi connectivity index (χ1v) is 10.7. The van der Waals surface area contributed by atoms with E-state index in [1.807, 2.05) is 30.3 Å². The number of esters is 1. The Morgan fingerprint density at radius 2 is 1.09 bits per heavy atom. The van der Waals surface area contributed by atoms with Gasteiger partial charge in [-0.3, -0.25) is 10.1 Å². The lowest BCUT2D eigenvalue weighted by Crippen LogP contribution is -2.28. The van der Waals surface area contributed by atoms with E-state index in [2.05, 4.69) is 0 Å². The average molecular weight is 471 g/mol. The Morgan fingerprint density at radius 1 is 0.657 bits per heavy atom. The predicted octanol–water partition coefficient (Wildman–Crippen LogP) is 6.55. The third-order valence-electron chi connectivity index (χ3n) is 4.77. The predicted molar refractivity (Wildman–Crippen MR) is 128 cm³/mol. The highest BCUT2D eigenvalue weighted by atomic mass is 16.6. The molecule has 4 aromatic rings. The molecular weight excluding hydrogens is 450 g/mol. The van der Waals surface area contributed by atoms with Crippen LogP contribution in [0, 0.1) is 10.1 Å². The molecule has 0 bridgehead atoms. The number of nitro groups is 1. The molecule has 1 unspecified atom stereocenters. The van der Waals surface area contributed by atoms with Crippen LogP contribution >= 0.6 is 0 Å². The van der Waals surface area contributed by atoms with Gasteiger partial charge in [0.05, 0.1) is 4.92 Å². The second-order valence-corrected chi connectivity index (χ2v) is 7.39. The Kier molecular flexibility index (Phi) is 7.22. The zero-order valence-electron chi connectivity index (χ0n) is 18.7. The van der Waals surface area contributed by atoms with Crippen LogP contribution < -0.4 is 18.9 Å². The SMILES string of the molecule is CC(Oc1ccc(Oc2ccccc2)cc1)C(=O)Oc1ccc(Oc2ccc([N+](=O)[O-])cc2)cc1. The number of ether oxygens (including phenoxy) is 4. The fourth-order valence-electron chi connectivity index (χ4n) is 3.01. The smallest absolute Gasteiger partial charge is 0.352 e. The summed E-state index contributed by atoms with van der Waals surface area (Å²) < 4.78 is 22.4. The van der Waals surface area contributed by atoms with E-state index in [-0.39, 0.29) is 5.69 Å². The van der Waals surface area contributed by atoms with Gasteiger partial charge < -0.3 is 18.9 Å². The van der Waals surface area contributed by atoms with Gasteiger partial charge in [0.15, 0.2) is 6.10 Å². The molecule has 0 fully saturated rings. The zero-order chi connectivity index (χ0) is 24.6. The molecule has 0 amide bonds. The molecule has 0 radical (unpaired) electrons. The number of carbonyl (C=O) groups excluding carboxylic acids is 1. The van der Waals surface area contributed by atoms with E-state index in [0.717, 1.165) is 5.75 Å². The maximum Gasteiger partial charge on any atom is 0.352 e. The van der Waals surface area contributed by atoms with Crippen molar-refractivity contribution in [3.63, 3.8) is 0 Å². The van der Waals surface area contributed by atoms with Crippen LogP contribution in [-0.4, -0.2) is 17.0 Å². The van der Waals surface area contributed by atoms with Crippen LogP contribution in [-0.2, 0) is 4.79 Å². The summed E-state index contributed by atoms with van der Waals surface area (Å²) in [7, 11) is 0. The first-order valence-electron chi connectivity index (χ1n) is 10.7. The summed E-state index contributed by atoms with van der Waals surface area (Å²) in [6, 6.07) is 28.5. The summed E-state index contributed by atoms with van der Waals surface area (Å²) in [5.41, 5.74) is -0.0209. The molecule has 0 aliphatic heterocycles. The Hall–Kier alpha value is -4.85. The molecule has 0 saturated carbocycles. The Morgan fingerprint density at radius 3 is 1.60 bits per heavy atom. The minimum absolute atomic E-state index is 0.0209. The van der Waals surface area contributed by atoms with Gasteiger partial charge in [0.25, 0.3) is 5.69 Å². The number of benzene rings is 4. The van der Waals surface area contributed by atoms with Crippen molar-refractivity contribution in [2.24, 2.45) is 0 Å². The summed E-state index contributed by atoms with van der Waals surface area (Å²) in [5.74, 6) is 2.58. The molecular formula is C27H21NO7. The van der Waals surface area contributed by atoms with Crippen LogP contribution in [0.5, 0.6) is 34.5 Å². The lowest BCUT2D eigenvalue weighted by molar-refractivity contribution is -0.384. The maximum atomic E-state index is 12.4. The normalized spacial score (nSPS) is 11.2. The first kappa shape index (κ1) is 23.3. The van der Waals surface area contributed by atoms with E-state index < -0.39 is 17.0 Å². The number of para-hydroxylation sites is 1. The number of hydrogen-bond acceptors (Lipinski definition) is 7. The molecule has 0 spiro atoms. The van der Waals surface area contributed by atoms with Crippen molar-refractivity contribution >= 4 is 11.7 Å². The first-order chi connectivity index (χ1) is 17.0. The molecule has 0 saturated heterocycles. The topological polar surface area (TPSA) is 97.1 Å². The van der Waals surface area contributed by atoms with Crippen molar-refractivity contribution in [2.75, 3.05) is 0 Å². The quantitative estimate of drug-likeness (QED) is 0.118. The molecule has 1 atom stereocenters. The summed E-state index contributed by atoms with van der Waals surface area (Å²) in [5, 5.41) is 10.7. The van der Waals surface area contributed by atoms with Gasteiger partial charge in [-0.2, -0.15) is 0 Å². The van der Waals surface area contributed by atoms with E-state index >= 15 is 0 Å². The van der Waals surface area contributed by atoms with Gasteiger partial charge in [0.1, 0.15) is 34.5 Å². The molecule has 4 aromatic carbocycles. The minimum Gasteiger partial charge on any atom is -0.479 e. The van der Waals surface area contributed by atoms with Crippen molar-refractivity contribution in [3.8, 4) is 34.5 Å². The second-order valence-electron chi connectivity index (χ2n) is 7.39. The third-order valence-corrected chi connectivity index (χ3v) is 4.77. The van der Waals surface area contributed by atoms with Crippen LogP contribution in [0.2, 0.25) is 0 Å². The monoisotopic (exact) mass is 471 g/mol. The van der Waals surface area contributed by atoms with Crippen molar-refractivity contribution in [1.82, 2.24) is 0 Å². The van der Waals surface area contributed by atoms with Crippen molar-refractivity contribution < 1.29 is 28.7 Å². The van der Waals surface area contributed by atoms with Crippen LogP contribution in [0.1, 0.15) is 6.92 Å². The number of nitro benzene ring substituents is 1. The molecule has 0 aromatic heterocycles. The molecule has 0 N–H and O–H groups in total. The van der Waals surface area contributed by atoms with Crippen LogP contribution in [0.15, 0.2) is 103 Å². The fraction of sp³-hybridized carbons (Fsp3) is 0.0741. The van der Waals surface area contributed by atoms with E-state index in [0.29, 0.717) is 28.7 Å². The molecule has 8 nitrogen and oxygen atoms in total. The van der Waals surface area contributed by atoms with Gasteiger partial charge in [-0.15, -0.1) is 0 Å². The zero-order valence-corrected chi connectivity index (χ0v) is 18.7. The van der Waals surface area contributed by atoms with Gasteiger partial charge in [-0.05, 0) is 79.7 Å². The van der Waals surface area contributed by atoms with E-state index in [1.54, 1.807) is 55.5 Å². The minimum atomic E-state index is -0.841. The van der Waals surface area contributed by atoms with Gasteiger partial charge in [-0.1, -0.05) is 18.2 Å². The summed E-state index contributed by atoms with van der Waals surface area (Å²) >= 11 is 0. The van der Waals surface area contributed by atoms with Gasteiger partial charge >= 0.3 is 5.97 Å². The highest BCUT2D eigenvalue weighted by molar-refractivity contribution is 5.77. The third kappa shape index (κ3) is 6.58. The maximum absolute atomic E-state index is 12.4. The summed E-state index contributed by atoms with van der Waals surface area (Å²) in [4.78, 5) is 22.7. The van der Waals surface area contributed by atoms with Crippen LogP contribution in [0.25, 0.3) is 0 Å². The number of hydrogen-bond donors (Lipinski definition) is 0. The number of rotatable bonds is 9. The number of carbonyl (C=O) groups is 1. The standard InChI is InChI=1S/C27H21NO7/c1-19(32-22-11-13-24(14-12-22)33-21-5-3-2-4-6-21)27(29)35-26-17-15-25(16-18-26)34-23-9-7-20(8-10-23)28(30)31/h2-19H,1H3. The fourth-order valence-corrected chi connectivity index (χ4v) is 3.01. The highest BCUT2D eigenvalue weighted by Gasteiger charge is 2.17. The molecule has 176 valence electrons. The lowest BCUT2D eigenvalue weighted by Gasteiger charge is -2.14. The molecule has 35 heavy (non-hydrogen) atoms. The number of nitrogens with zero attached hydrogens (tertiary/aromatic N) is 1. The molecule has 4 rings (SSSR count). The van der Waals surface area contributed by atoms with E-state index in [4.69, 9.17) is 18.9 Å². The summed E-state index contributed by atoms with van der Waals surface area (Å²) in [6.07, 6.45) is -0.841. The largest absolute Gasteiger partial charge is 0.479 e. The van der Waals surface area contributed by atoms with E-state index in [1.165, 1.54) is 24.3 Å². The van der Waals surface area contributed by atoms with Crippen molar-refractivity contribution in [3.05, 3.63) is 113 Å². The Labute approximate surface area is 201 Å². The molecule has 0 aliphatic carbocycles. The number of non-ortho nitro benzene ring substituents is 1. The van der Waals surface area contributed by atoms with Crippen molar-refractivity contribution in [2.45, 2.75) is 13.0 Å². The molecule has 8 heteroatoms. The van der Waals surface area contributed by atoms with E-state index in [9.17, 15) is 14.9 Å². The van der Waals surface area contributed by atoms with Crippen molar-refractivity contribution in [1.29, 1.82) is 0 Å². The Balaban J connectivity index is 1.28. The summed E-state index contributed by atoms with van der Waals surface area (Å²) in [6.45, 7) is 1.60. The second kappa shape index (κ2) is 10.8. The van der Waals surface area contributed by atoms with Crippen LogP contribution in [0.3, 0.4) is 0 Å².